The molecule has 9 nitrogen and oxygen atoms in total. The number of ketones is 1. The molecule has 0 amide bonds. The number of benzene rings is 4. The van der Waals surface area contributed by atoms with Crippen molar-refractivity contribution >= 4 is 50.3 Å². The number of carbonyl (C=O) groups excluding carboxylic acids is 1. The Hall–Kier alpha value is -5.51. The molecule has 264 valence electrons. The molecule has 2 N–H and O–H groups in total. The maximum atomic E-state index is 14.8. The summed E-state index contributed by atoms with van der Waals surface area (Å²) in [5, 5.41) is 8.76. The molecular formula is C43H46N8O. The van der Waals surface area contributed by atoms with Gasteiger partial charge >= 0.3 is 0 Å². The van der Waals surface area contributed by atoms with Crippen LogP contribution >= 0.6 is 0 Å². The zero-order chi connectivity index (χ0) is 35.8. The third kappa shape index (κ3) is 6.42. The van der Waals surface area contributed by atoms with Gasteiger partial charge in [-0.05, 0) is 70.8 Å². The molecule has 8 rings (SSSR count). The van der Waals surface area contributed by atoms with Gasteiger partial charge in [-0.25, -0.2) is 0 Å². The van der Waals surface area contributed by atoms with Crippen molar-refractivity contribution in [1.29, 1.82) is 0 Å². The van der Waals surface area contributed by atoms with Gasteiger partial charge in [-0.2, -0.15) is 0 Å². The van der Waals surface area contributed by atoms with Crippen molar-refractivity contribution in [3.05, 3.63) is 108 Å². The molecule has 9 heteroatoms. The minimum absolute atomic E-state index is 0.103. The number of fused-ring (bicyclic) bond motifs is 2. The smallest absolute Gasteiger partial charge is 0.200 e. The number of anilines is 4. The largest absolute Gasteiger partial charge is 0.376 e. The Morgan fingerprint density at radius 1 is 0.558 bits per heavy atom. The monoisotopic (exact) mass is 690 g/mol. The summed E-state index contributed by atoms with van der Waals surface area (Å²) >= 11 is 0. The third-order valence-electron chi connectivity index (χ3n) is 10.4. The maximum absolute atomic E-state index is 14.8. The second-order valence-corrected chi connectivity index (χ2v) is 14.2. The molecule has 0 aliphatic carbocycles. The van der Waals surface area contributed by atoms with Crippen molar-refractivity contribution in [3.63, 3.8) is 0 Å². The highest BCUT2D eigenvalue weighted by Crippen LogP contribution is 2.38. The molecule has 0 spiro atoms. The molecule has 2 fully saturated rings. The van der Waals surface area contributed by atoms with Gasteiger partial charge in [0.15, 0.2) is 5.78 Å². The van der Waals surface area contributed by atoms with E-state index in [9.17, 15) is 4.79 Å². The molecule has 0 atom stereocenters. The number of nitrogens with zero attached hydrogens (tertiary/aromatic N) is 6. The first-order valence-corrected chi connectivity index (χ1v) is 18.2. The Morgan fingerprint density at radius 3 is 1.37 bits per heavy atom. The molecule has 4 aromatic carbocycles. The quantitative estimate of drug-likeness (QED) is 0.179. The summed E-state index contributed by atoms with van der Waals surface area (Å²) in [7, 11) is 7.98. The third-order valence-corrected chi connectivity index (χ3v) is 10.4. The fraction of sp³-hybridized carbons (Fsp3) is 0.279. The molecule has 4 heterocycles. The molecule has 0 bridgehead atoms. The normalized spacial score (nSPS) is 14.9. The van der Waals surface area contributed by atoms with Crippen molar-refractivity contribution in [2.45, 2.75) is 0 Å². The highest BCUT2D eigenvalue weighted by atomic mass is 16.1. The van der Waals surface area contributed by atoms with Crippen LogP contribution < -0.4 is 30.2 Å². The van der Waals surface area contributed by atoms with Gasteiger partial charge in [0.2, 0.25) is 0 Å². The summed E-state index contributed by atoms with van der Waals surface area (Å²) in [5.41, 5.74) is 11.4. The van der Waals surface area contributed by atoms with Gasteiger partial charge in [0.25, 0.3) is 0 Å². The van der Waals surface area contributed by atoms with E-state index < -0.39 is 0 Å². The lowest BCUT2D eigenvalue weighted by Crippen LogP contribution is -2.43. The highest BCUT2D eigenvalue weighted by Gasteiger charge is 2.24. The van der Waals surface area contributed by atoms with E-state index in [1.54, 1.807) is 12.4 Å². The molecule has 6 aromatic rings. The molecular weight excluding hydrogens is 645 g/mol. The Morgan fingerprint density at radius 2 is 0.962 bits per heavy atom. The van der Waals surface area contributed by atoms with E-state index in [1.807, 2.05) is 38.0 Å². The SMILES string of the molecule is CN(C)c1c(C(=O)c2cnc3ccc(-c4cccc(N5CCNCC5)c4)cc3c2N(C)C)cnc2ccc(-c3cccc(N4CCNCC4)c3)cc12. The summed E-state index contributed by atoms with van der Waals surface area (Å²) < 4.78 is 0. The molecule has 2 saturated heterocycles. The van der Waals surface area contributed by atoms with Crippen LogP contribution in [-0.4, -0.2) is 96.3 Å². The van der Waals surface area contributed by atoms with Crippen molar-refractivity contribution in [1.82, 2.24) is 20.6 Å². The minimum atomic E-state index is -0.103. The van der Waals surface area contributed by atoms with Crippen molar-refractivity contribution in [2.75, 3.05) is 100 Å². The fourth-order valence-corrected chi connectivity index (χ4v) is 7.77. The van der Waals surface area contributed by atoms with E-state index >= 15 is 0 Å². The molecule has 0 unspecified atom stereocenters. The summed E-state index contributed by atoms with van der Waals surface area (Å²) in [6.45, 7) is 7.92. The van der Waals surface area contributed by atoms with Gasteiger partial charge in [-0.3, -0.25) is 14.8 Å². The van der Waals surface area contributed by atoms with Crippen LogP contribution in [0.4, 0.5) is 22.7 Å². The van der Waals surface area contributed by atoms with Gasteiger partial charge in [-0.1, -0.05) is 36.4 Å². The van der Waals surface area contributed by atoms with Gasteiger partial charge in [-0.15, -0.1) is 0 Å². The van der Waals surface area contributed by atoms with Crippen LogP contribution in [0.5, 0.6) is 0 Å². The average molecular weight is 691 g/mol. The molecule has 2 aromatic heterocycles. The molecule has 0 radical (unpaired) electrons. The van der Waals surface area contributed by atoms with Crippen LogP contribution in [0, 0.1) is 0 Å². The Kier molecular flexibility index (Phi) is 9.21. The number of aromatic nitrogens is 2. The summed E-state index contributed by atoms with van der Waals surface area (Å²) in [6, 6.07) is 30.2. The van der Waals surface area contributed by atoms with E-state index in [2.05, 4.69) is 105 Å². The first kappa shape index (κ1) is 33.6. The number of nitrogens with one attached hydrogen (secondary N) is 2. The number of hydrogen-bond acceptors (Lipinski definition) is 9. The van der Waals surface area contributed by atoms with Gasteiger partial charge in [0.05, 0.1) is 33.5 Å². The lowest BCUT2D eigenvalue weighted by molar-refractivity contribution is 0.103. The van der Waals surface area contributed by atoms with Crippen LogP contribution in [0.3, 0.4) is 0 Å². The average Bonchev–Trinajstić information content (AvgIpc) is 3.19. The number of carbonyl (C=O) groups is 1. The van der Waals surface area contributed by atoms with E-state index in [1.165, 1.54) is 11.4 Å². The molecule has 0 saturated carbocycles. The Bertz CT molecular complexity index is 2110. The van der Waals surface area contributed by atoms with Crippen LogP contribution in [0.2, 0.25) is 0 Å². The number of hydrogen-bond donors (Lipinski definition) is 2. The van der Waals surface area contributed by atoms with E-state index in [4.69, 9.17) is 9.97 Å². The fourth-order valence-electron chi connectivity index (χ4n) is 7.77. The van der Waals surface area contributed by atoms with Crippen LogP contribution in [0.1, 0.15) is 15.9 Å². The number of rotatable bonds is 8. The predicted molar refractivity (Wildman–Crippen MR) is 217 cm³/mol. The van der Waals surface area contributed by atoms with E-state index in [0.717, 1.165) is 108 Å². The maximum Gasteiger partial charge on any atom is 0.200 e. The second kappa shape index (κ2) is 14.3. The van der Waals surface area contributed by atoms with Crippen LogP contribution in [0.15, 0.2) is 97.3 Å². The number of pyridine rings is 2. The Balaban J connectivity index is 1.20. The molecule has 2 aliphatic heterocycles. The lowest BCUT2D eigenvalue weighted by atomic mass is 9.95. The molecule has 52 heavy (non-hydrogen) atoms. The lowest BCUT2D eigenvalue weighted by Gasteiger charge is -2.29. The highest BCUT2D eigenvalue weighted by molar-refractivity contribution is 6.20. The molecule has 2 aliphatic rings. The van der Waals surface area contributed by atoms with Crippen LogP contribution in [0.25, 0.3) is 44.1 Å². The minimum Gasteiger partial charge on any atom is -0.376 e. The van der Waals surface area contributed by atoms with Gasteiger partial charge in [0.1, 0.15) is 0 Å². The van der Waals surface area contributed by atoms with Gasteiger partial charge < -0.3 is 30.2 Å². The van der Waals surface area contributed by atoms with E-state index in [0.29, 0.717) is 11.1 Å². The predicted octanol–water partition coefficient (Wildman–Crippen LogP) is 6.30. The summed E-state index contributed by atoms with van der Waals surface area (Å²) in [5.74, 6) is -0.103. The zero-order valence-corrected chi connectivity index (χ0v) is 30.5. The standard InChI is InChI=1S/C43H46N8O/c1-48(2)41-35-25-31(29-7-5-9-33(23-29)50-19-15-44-16-20-50)11-13-39(35)46-27-37(41)43(52)38-28-47-40-14-12-32(26-36(40)42(38)49(3)4)30-8-6-10-34(24-30)51-21-17-45-18-22-51/h5-14,23-28,44-45H,15-22H2,1-4H3. The topological polar surface area (TPSA) is 79.9 Å². The van der Waals surface area contributed by atoms with Crippen molar-refractivity contribution in [2.24, 2.45) is 0 Å². The van der Waals surface area contributed by atoms with E-state index in [-0.39, 0.29) is 5.78 Å². The summed E-state index contributed by atoms with van der Waals surface area (Å²) in [4.78, 5) is 33.4. The first-order chi connectivity index (χ1) is 25.4. The Labute approximate surface area is 305 Å². The van der Waals surface area contributed by atoms with Crippen molar-refractivity contribution in [3.8, 4) is 22.3 Å². The summed E-state index contributed by atoms with van der Waals surface area (Å²) in [6.07, 6.45) is 3.46. The van der Waals surface area contributed by atoms with Crippen LogP contribution in [-0.2, 0) is 0 Å². The second-order valence-electron chi connectivity index (χ2n) is 14.2. The number of piperazine rings is 2. The first-order valence-electron chi connectivity index (χ1n) is 18.2. The van der Waals surface area contributed by atoms with Crippen molar-refractivity contribution < 1.29 is 4.79 Å². The van der Waals surface area contributed by atoms with Gasteiger partial charge in [0, 0.05) is 115 Å². The zero-order valence-electron chi connectivity index (χ0n) is 30.5.